The van der Waals surface area contributed by atoms with Crippen LogP contribution in [-0.2, 0) is 18.4 Å². The minimum atomic E-state index is -4.35. The predicted octanol–water partition coefficient (Wildman–Crippen LogP) is 15.3. The number of nitrogens with one attached hydrogen (secondary N) is 1. The lowest BCUT2D eigenvalue weighted by Gasteiger charge is -2.25. The van der Waals surface area contributed by atoms with E-state index in [0.717, 1.165) is 38.5 Å². The van der Waals surface area contributed by atoms with Gasteiger partial charge in [0.2, 0.25) is 5.91 Å². The van der Waals surface area contributed by atoms with Gasteiger partial charge >= 0.3 is 7.82 Å². The van der Waals surface area contributed by atoms with Crippen molar-refractivity contribution in [2.75, 3.05) is 40.9 Å². The summed E-state index contributed by atoms with van der Waals surface area (Å²) < 4.78 is 23.6. The van der Waals surface area contributed by atoms with Gasteiger partial charge in [0, 0.05) is 6.42 Å². The van der Waals surface area contributed by atoms with Crippen LogP contribution in [0.25, 0.3) is 0 Å². The molecule has 0 aromatic rings. The average Bonchev–Trinajstić information content (AvgIpc) is 3.21. The molecule has 0 aliphatic heterocycles. The zero-order valence-electron chi connectivity index (χ0n) is 41.2. The van der Waals surface area contributed by atoms with Crippen molar-refractivity contribution < 1.29 is 32.9 Å². The molecule has 0 bridgehead atoms. The van der Waals surface area contributed by atoms with E-state index in [9.17, 15) is 19.4 Å². The average molecular weight is 884 g/mol. The fourth-order valence-corrected chi connectivity index (χ4v) is 8.50. The molecule has 0 radical (unpaired) electrons. The Kier molecular flexibility index (Phi) is 43.5. The molecule has 0 saturated carbocycles. The second kappa shape index (κ2) is 44.2. The minimum absolute atomic E-state index is 0.0585. The number of nitrogens with zero attached hydrogens (tertiary/aromatic N) is 1. The first kappa shape index (κ1) is 60.0. The smallest absolute Gasteiger partial charge is 0.387 e. The third-order valence-corrected chi connectivity index (χ3v) is 12.9. The first-order valence-corrected chi connectivity index (χ1v) is 27.7. The highest BCUT2D eigenvalue weighted by molar-refractivity contribution is 7.47. The van der Waals surface area contributed by atoms with Crippen LogP contribution in [-0.4, -0.2) is 73.4 Å². The summed E-state index contributed by atoms with van der Waals surface area (Å²) in [6.45, 7) is 4.82. The normalized spacial score (nSPS) is 14.3. The first-order chi connectivity index (χ1) is 29.5. The lowest BCUT2D eigenvalue weighted by molar-refractivity contribution is -0.870. The lowest BCUT2D eigenvalue weighted by atomic mass is 10.0. The highest BCUT2D eigenvalue weighted by atomic mass is 31.2. The maximum absolute atomic E-state index is 12.9. The molecule has 61 heavy (non-hydrogen) atoms. The van der Waals surface area contributed by atoms with Gasteiger partial charge in [0.1, 0.15) is 13.2 Å². The molecule has 0 fully saturated rings. The van der Waals surface area contributed by atoms with Crippen molar-refractivity contribution in [2.24, 2.45) is 0 Å². The summed E-state index contributed by atoms with van der Waals surface area (Å²) >= 11 is 0. The third-order valence-electron chi connectivity index (χ3n) is 11.9. The number of phosphoric ester groups is 1. The largest absolute Gasteiger partial charge is 0.472 e. The van der Waals surface area contributed by atoms with Gasteiger partial charge in [0.05, 0.1) is 39.9 Å². The molecular formula is C52H104N2O6P+. The molecule has 0 aliphatic carbocycles. The summed E-state index contributed by atoms with van der Waals surface area (Å²) in [6, 6.07) is -0.859. The van der Waals surface area contributed by atoms with E-state index in [1.54, 1.807) is 6.08 Å². The summed E-state index contributed by atoms with van der Waals surface area (Å²) in [5.74, 6) is -0.184. The standard InChI is InChI=1S/C52H103N2O6P/c1-6-8-10-12-14-16-18-20-22-23-24-25-26-27-28-29-30-31-32-33-35-37-39-41-43-45-51(55)50(49-60-61(57,58)59-48-47-54(3,4)5)53-52(56)46-44-42-40-38-36-34-21-19-17-15-13-11-9-7-2/h35,37,43,45,50-51,55H,6-34,36,38-42,44,46-49H2,1-5H3,(H-,53,56,57,58)/p+1/b37-35+,45-43+. The van der Waals surface area contributed by atoms with Crippen molar-refractivity contribution in [3.8, 4) is 0 Å². The van der Waals surface area contributed by atoms with E-state index in [2.05, 4.69) is 31.3 Å². The maximum atomic E-state index is 12.9. The van der Waals surface area contributed by atoms with E-state index in [0.29, 0.717) is 17.4 Å². The van der Waals surface area contributed by atoms with Gasteiger partial charge in [-0.05, 0) is 32.1 Å². The van der Waals surface area contributed by atoms with Gasteiger partial charge in [0.25, 0.3) is 0 Å². The van der Waals surface area contributed by atoms with Gasteiger partial charge in [-0.15, -0.1) is 0 Å². The summed E-state index contributed by atoms with van der Waals surface area (Å²) in [6.07, 6.45) is 54.1. The van der Waals surface area contributed by atoms with Crippen molar-refractivity contribution in [2.45, 2.75) is 264 Å². The molecule has 362 valence electrons. The molecule has 0 saturated heterocycles. The molecule has 0 aliphatic rings. The number of phosphoric acid groups is 1. The number of carbonyl (C=O) groups excluding carboxylic acids is 1. The zero-order valence-corrected chi connectivity index (χ0v) is 42.1. The monoisotopic (exact) mass is 884 g/mol. The Morgan fingerprint density at radius 2 is 0.902 bits per heavy atom. The quantitative estimate of drug-likeness (QED) is 0.0243. The molecule has 0 heterocycles. The minimum Gasteiger partial charge on any atom is -0.387 e. The maximum Gasteiger partial charge on any atom is 0.472 e. The van der Waals surface area contributed by atoms with Crippen molar-refractivity contribution >= 4 is 13.7 Å². The number of allylic oxidation sites excluding steroid dienone is 3. The fourth-order valence-electron chi connectivity index (χ4n) is 7.77. The zero-order chi connectivity index (χ0) is 45.0. The van der Waals surface area contributed by atoms with Gasteiger partial charge in [0.15, 0.2) is 0 Å². The van der Waals surface area contributed by atoms with Crippen LogP contribution < -0.4 is 5.32 Å². The topological polar surface area (TPSA) is 105 Å². The number of hydrogen-bond donors (Lipinski definition) is 3. The highest BCUT2D eigenvalue weighted by Gasteiger charge is 2.27. The second-order valence-corrected chi connectivity index (χ2v) is 20.7. The van der Waals surface area contributed by atoms with E-state index in [1.807, 2.05) is 27.2 Å². The van der Waals surface area contributed by atoms with Crippen LogP contribution in [0.1, 0.15) is 251 Å². The van der Waals surface area contributed by atoms with Crippen molar-refractivity contribution in [1.82, 2.24) is 5.32 Å². The molecule has 3 unspecified atom stereocenters. The molecule has 0 aromatic carbocycles. The molecule has 3 atom stereocenters. The number of rotatable bonds is 48. The molecule has 0 spiro atoms. The number of quaternary nitrogens is 1. The fraction of sp³-hybridized carbons (Fsp3) is 0.904. The van der Waals surface area contributed by atoms with E-state index < -0.39 is 20.0 Å². The van der Waals surface area contributed by atoms with E-state index in [4.69, 9.17) is 9.05 Å². The Morgan fingerprint density at radius 3 is 1.31 bits per heavy atom. The van der Waals surface area contributed by atoms with Crippen LogP contribution in [0.3, 0.4) is 0 Å². The number of carbonyl (C=O) groups is 1. The summed E-state index contributed by atoms with van der Waals surface area (Å²) in [7, 11) is 1.56. The highest BCUT2D eigenvalue weighted by Crippen LogP contribution is 2.43. The van der Waals surface area contributed by atoms with Gasteiger partial charge in [-0.3, -0.25) is 13.8 Å². The second-order valence-electron chi connectivity index (χ2n) is 19.3. The molecule has 0 rings (SSSR count). The Bertz CT molecular complexity index is 1050. The van der Waals surface area contributed by atoms with E-state index >= 15 is 0 Å². The van der Waals surface area contributed by atoms with Crippen LogP contribution in [0.5, 0.6) is 0 Å². The van der Waals surface area contributed by atoms with Gasteiger partial charge in [-0.1, -0.05) is 237 Å². The number of aliphatic hydroxyl groups excluding tert-OH is 1. The van der Waals surface area contributed by atoms with Crippen LogP contribution >= 0.6 is 7.82 Å². The summed E-state index contributed by atoms with van der Waals surface area (Å²) in [4.78, 5) is 23.2. The van der Waals surface area contributed by atoms with Crippen molar-refractivity contribution in [1.29, 1.82) is 0 Å². The summed E-state index contributed by atoms with van der Waals surface area (Å²) in [5.41, 5.74) is 0. The van der Waals surface area contributed by atoms with Gasteiger partial charge in [-0.25, -0.2) is 4.57 Å². The molecule has 0 aromatic heterocycles. The Morgan fingerprint density at radius 1 is 0.541 bits per heavy atom. The molecule has 9 heteroatoms. The van der Waals surface area contributed by atoms with Crippen LogP contribution in [0.4, 0.5) is 0 Å². The molecule has 3 N–H and O–H groups in total. The van der Waals surface area contributed by atoms with Crippen LogP contribution in [0.2, 0.25) is 0 Å². The Balaban J connectivity index is 4.27. The number of unbranched alkanes of at least 4 members (excludes halogenated alkanes) is 33. The van der Waals surface area contributed by atoms with Gasteiger partial charge < -0.3 is 19.8 Å². The summed E-state index contributed by atoms with van der Waals surface area (Å²) in [5, 5.41) is 13.9. The lowest BCUT2D eigenvalue weighted by Crippen LogP contribution is -2.45. The Hall–Kier alpha value is -1.02. The number of aliphatic hydroxyl groups is 1. The predicted molar refractivity (Wildman–Crippen MR) is 263 cm³/mol. The molecular weight excluding hydrogens is 780 g/mol. The van der Waals surface area contributed by atoms with Crippen LogP contribution in [0.15, 0.2) is 24.3 Å². The first-order valence-electron chi connectivity index (χ1n) is 26.2. The third kappa shape index (κ3) is 46.8. The number of amides is 1. The number of hydrogen-bond acceptors (Lipinski definition) is 5. The Labute approximate surface area is 379 Å². The van der Waals surface area contributed by atoms with Gasteiger partial charge in [-0.2, -0.15) is 0 Å². The molecule has 8 nitrogen and oxygen atoms in total. The molecule has 1 amide bonds. The van der Waals surface area contributed by atoms with Crippen molar-refractivity contribution in [3.05, 3.63) is 24.3 Å². The van der Waals surface area contributed by atoms with E-state index in [-0.39, 0.29) is 19.1 Å². The van der Waals surface area contributed by atoms with Crippen molar-refractivity contribution in [3.63, 3.8) is 0 Å². The van der Waals surface area contributed by atoms with Crippen LogP contribution in [0, 0.1) is 0 Å². The SMILES string of the molecule is CCCCCCCCCCCCCCCCCCCCC/C=C/CC/C=C/C(O)C(COP(=O)(O)OCC[N+](C)(C)C)NC(=O)CCCCCCCCCCCCCCCC. The number of likely N-dealkylation sites (N-methyl/N-ethyl adjacent to an activating group) is 1. The van der Waals surface area contributed by atoms with E-state index in [1.165, 1.54) is 193 Å².